The highest BCUT2D eigenvalue weighted by atomic mass is 32.2. The van der Waals surface area contributed by atoms with Crippen molar-refractivity contribution >= 4 is 62.0 Å². The number of imide groups is 2. The highest BCUT2D eigenvalue weighted by Crippen LogP contribution is 2.34. The van der Waals surface area contributed by atoms with Crippen molar-refractivity contribution in [1.82, 2.24) is 49.0 Å². The van der Waals surface area contributed by atoms with Crippen molar-refractivity contribution in [3.05, 3.63) is 71.6 Å². The van der Waals surface area contributed by atoms with Crippen LogP contribution < -0.4 is 15.5 Å². The zero-order valence-electron chi connectivity index (χ0n) is 30.9. The van der Waals surface area contributed by atoms with Crippen LogP contribution >= 0.6 is 0 Å². The molecular formula is C37H37FN12O6S. The van der Waals surface area contributed by atoms with E-state index in [1.807, 2.05) is 24.6 Å². The first-order valence-corrected chi connectivity index (χ1v) is 20.2. The van der Waals surface area contributed by atoms with Crippen molar-refractivity contribution in [2.75, 3.05) is 36.4 Å². The fraction of sp³-hybridized carbons (Fsp3) is 0.378. The summed E-state index contributed by atoms with van der Waals surface area (Å²) in [6.07, 6.45) is 7.42. The van der Waals surface area contributed by atoms with Crippen LogP contribution in [0.25, 0.3) is 22.3 Å². The topological polar surface area (TPSA) is 211 Å². The Kier molecular flexibility index (Phi) is 8.83. The number of rotatable bonds is 10. The van der Waals surface area contributed by atoms with Gasteiger partial charge in [0.2, 0.25) is 11.8 Å². The van der Waals surface area contributed by atoms with E-state index in [9.17, 15) is 27.6 Å². The van der Waals surface area contributed by atoms with E-state index in [-0.39, 0.29) is 42.1 Å². The predicted octanol–water partition coefficient (Wildman–Crippen LogP) is 2.61. The zero-order valence-corrected chi connectivity index (χ0v) is 31.7. The van der Waals surface area contributed by atoms with Gasteiger partial charge in [-0.05, 0) is 45.2 Å². The Bertz CT molecular complexity index is 2610. The van der Waals surface area contributed by atoms with Gasteiger partial charge in [0.1, 0.15) is 23.5 Å². The maximum absolute atomic E-state index is 15.9. The number of hydrogen-bond donors (Lipinski definition) is 2. The van der Waals surface area contributed by atoms with Crippen molar-refractivity contribution in [3.8, 4) is 11.4 Å². The van der Waals surface area contributed by atoms with Gasteiger partial charge < -0.3 is 10.2 Å². The number of piperazine rings is 1. The standard InChI is InChI=1S/C37H37FN12O6S/c1-20(2)50-27-15-29(42-28-9-10-39-33(43-28)22-16-41-48(19-22)57(55,56)23-4-5-23)40-17-25(27)34(45-50)47-13-11-46(12-14-47)18-21-3-6-24-31(32(21)38)37(54)49(36(24)53)26-7-8-30(51)44-35(26)52/h3,6,9-10,15-17,19-20,23,26H,4-5,7-8,11-14,18H2,1-2H3,(H,44,51,52)(H,39,40,42,43). The second-order valence-electron chi connectivity index (χ2n) is 14.9. The molecule has 1 atom stereocenters. The minimum atomic E-state index is -3.52. The van der Waals surface area contributed by atoms with E-state index >= 15 is 4.39 Å². The van der Waals surface area contributed by atoms with Crippen molar-refractivity contribution in [1.29, 1.82) is 0 Å². The molecule has 0 bridgehead atoms. The number of amides is 4. The summed E-state index contributed by atoms with van der Waals surface area (Å²) in [5.74, 6) is -1.58. The van der Waals surface area contributed by atoms with Gasteiger partial charge in [-0.1, -0.05) is 6.07 Å². The quantitative estimate of drug-likeness (QED) is 0.195. The Morgan fingerprint density at radius 1 is 0.965 bits per heavy atom. The Morgan fingerprint density at radius 2 is 1.75 bits per heavy atom. The lowest BCUT2D eigenvalue weighted by Crippen LogP contribution is -2.54. The number of nitrogens with zero attached hydrogens (tertiary/aromatic N) is 10. The number of benzene rings is 1. The SMILES string of the molecule is CC(C)n1nc(N2CCN(Cc3ccc4c(c3F)C(=O)N(C3CCC(=O)NC3=O)C4=O)CC2)c2cnc(Nc3ccnc(-c4cnn(S(=O)(=O)C5CC5)c4)n3)cc21. The van der Waals surface area contributed by atoms with Gasteiger partial charge >= 0.3 is 0 Å². The smallest absolute Gasteiger partial charge is 0.265 e. The van der Waals surface area contributed by atoms with Crippen LogP contribution in [0.3, 0.4) is 0 Å². The average molecular weight is 797 g/mol. The molecule has 1 saturated carbocycles. The van der Waals surface area contributed by atoms with Gasteiger partial charge in [-0.15, -0.1) is 0 Å². The Balaban J connectivity index is 0.882. The van der Waals surface area contributed by atoms with Crippen LogP contribution in [0.5, 0.6) is 0 Å². The van der Waals surface area contributed by atoms with Gasteiger partial charge in [0.15, 0.2) is 11.6 Å². The van der Waals surface area contributed by atoms with Crippen LogP contribution in [0.15, 0.2) is 49.1 Å². The summed E-state index contributed by atoms with van der Waals surface area (Å²) < 4.78 is 44.1. The molecule has 4 amide bonds. The maximum atomic E-state index is 15.9. The average Bonchev–Trinajstić information content (AvgIpc) is 3.73. The number of hydrogen-bond acceptors (Lipinski definition) is 14. The van der Waals surface area contributed by atoms with Gasteiger partial charge in [0.05, 0.1) is 45.2 Å². The van der Waals surface area contributed by atoms with Crippen molar-refractivity contribution < 1.29 is 32.0 Å². The lowest BCUT2D eigenvalue weighted by molar-refractivity contribution is -0.136. The monoisotopic (exact) mass is 796 g/mol. The second-order valence-corrected chi connectivity index (χ2v) is 16.9. The molecule has 4 aliphatic rings. The van der Waals surface area contributed by atoms with E-state index in [4.69, 9.17) is 5.10 Å². The number of piperidine rings is 1. The summed E-state index contributed by atoms with van der Waals surface area (Å²) in [7, 11) is -3.52. The zero-order chi connectivity index (χ0) is 39.7. The van der Waals surface area contributed by atoms with Gasteiger partial charge in [0.25, 0.3) is 21.8 Å². The molecule has 57 heavy (non-hydrogen) atoms. The van der Waals surface area contributed by atoms with Crippen molar-refractivity contribution in [2.24, 2.45) is 0 Å². The minimum absolute atomic E-state index is 0.00935. The summed E-state index contributed by atoms with van der Waals surface area (Å²) in [5, 5.41) is 14.9. The molecule has 294 valence electrons. The number of halogens is 1. The number of anilines is 3. The van der Waals surface area contributed by atoms with Crippen LogP contribution in [0.2, 0.25) is 0 Å². The summed E-state index contributed by atoms with van der Waals surface area (Å²) in [6, 6.07) is 5.38. The number of nitrogens with one attached hydrogen (secondary N) is 2. The van der Waals surface area contributed by atoms with Gasteiger partial charge in [-0.2, -0.15) is 14.3 Å². The Hall–Kier alpha value is -6.15. The molecular weight excluding hydrogens is 760 g/mol. The fourth-order valence-electron chi connectivity index (χ4n) is 7.53. The van der Waals surface area contributed by atoms with E-state index in [2.05, 4.69) is 40.5 Å². The third kappa shape index (κ3) is 6.47. The van der Waals surface area contributed by atoms with Crippen LogP contribution in [-0.4, -0.2) is 113 Å². The highest BCUT2D eigenvalue weighted by Gasteiger charge is 2.46. The van der Waals surface area contributed by atoms with Crippen molar-refractivity contribution in [2.45, 2.75) is 63.4 Å². The molecule has 5 aromatic rings. The Labute approximate surface area is 325 Å². The third-order valence-electron chi connectivity index (χ3n) is 10.7. The molecule has 7 heterocycles. The Morgan fingerprint density at radius 3 is 2.49 bits per heavy atom. The van der Waals surface area contributed by atoms with Gasteiger partial charge in [-0.3, -0.25) is 39.0 Å². The molecule has 9 rings (SSSR count). The largest absolute Gasteiger partial charge is 0.352 e. The summed E-state index contributed by atoms with van der Waals surface area (Å²) >= 11 is 0. The van der Waals surface area contributed by atoms with Crippen LogP contribution in [0.1, 0.15) is 71.9 Å². The maximum Gasteiger partial charge on any atom is 0.265 e. The molecule has 2 saturated heterocycles. The van der Waals surface area contributed by atoms with E-state index in [0.29, 0.717) is 62.0 Å². The predicted molar refractivity (Wildman–Crippen MR) is 202 cm³/mol. The number of carbonyl (C=O) groups excluding carboxylic acids is 4. The molecule has 3 fully saturated rings. The molecule has 20 heteroatoms. The molecule has 0 radical (unpaired) electrons. The number of carbonyl (C=O) groups is 4. The minimum Gasteiger partial charge on any atom is -0.352 e. The van der Waals surface area contributed by atoms with E-state index in [1.165, 1.54) is 24.5 Å². The van der Waals surface area contributed by atoms with E-state index in [0.717, 1.165) is 25.7 Å². The molecule has 1 aliphatic carbocycles. The lowest BCUT2D eigenvalue weighted by Gasteiger charge is -2.35. The van der Waals surface area contributed by atoms with Crippen LogP contribution in [0, 0.1) is 5.82 Å². The third-order valence-corrected chi connectivity index (χ3v) is 12.7. The van der Waals surface area contributed by atoms with Crippen molar-refractivity contribution in [3.63, 3.8) is 0 Å². The highest BCUT2D eigenvalue weighted by molar-refractivity contribution is 7.90. The molecule has 3 aliphatic heterocycles. The first kappa shape index (κ1) is 36.5. The normalized spacial score (nSPS) is 19.2. The molecule has 18 nitrogen and oxygen atoms in total. The van der Waals surface area contributed by atoms with Crippen LogP contribution in [0.4, 0.5) is 21.8 Å². The summed E-state index contributed by atoms with van der Waals surface area (Å²) in [4.78, 5) is 69.0. The summed E-state index contributed by atoms with van der Waals surface area (Å²) in [5.41, 5.74) is 1.15. The van der Waals surface area contributed by atoms with Crippen LogP contribution in [-0.2, 0) is 26.2 Å². The molecule has 0 spiro atoms. The molecule has 1 aromatic carbocycles. The molecule has 1 unspecified atom stereocenters. The van der Waals surface area contributed by atoms with E-state index in [1.54, 1.807) is 18.5 Å². The fourth-order valence-corrected chi connectivity index (χ4v) is 9.01. The number of pyridine rings is 1. The first-order chi connectivity index (χ1) is 27.4. The first-order valence-electron chi connectivity index (χ1n) is 18.7. The van der Waals surface area contributed by atoms with Gasteiger partial charge in [-0.25, -0.2) is 27.8 Å². The van der Waals surface area contributed by atoms with Gasteiger partial charge in [0, 0.05) is 69.2 Å². The number of fused-ring (bicyclic) bond motifs is 2. The molecule has 2 N–H and O–H groups in total. The lowest BCUT2D eigenvalue weighted by atomic mass is 10.0. The van der Waals surface area contributed by atoms with E-state index < -0.39 is 50.8 Å². The molecule has 4 aromatic heterocycles. The second kappa shape index (κ2) is 13.8. The summed E-state index contributed by atoms with van der Waals surface area (Å²) in [6.45, 7) is 6.58. The number of aromatic nitrogens is 7.